The van der Waals surface area contributed by atoms with Crippen LogP contribution in [0.5, 0.6) is 0 Å². The number of nitrogens with one attached hydrogen (secondary N) is 1. The molecule has 0 spiro atoms. The summed E-state index contributed by atoms with van der Waals surface area (Å²) in [7, 11) is -3.94. The maximum Gasteiger partial charge on any atom is 0.264 e. The first-order valence-electron chi connectivity index (χ1n) is 11.8. The summed E-state index contributed by atoms with van der Waals surface area (Å²) >= 11 is 3.40. The van der Waals surface area contributed by atoms with Crippen LogP contribution >= 0.6 is 15.9 Å². The van der Waals surface area contributed by atoms with E-state index >= 15 is 0 Å². The predicted octanol–water partition coefficient (Wildman–Crippen LogP) is 5.51. The standard InChI is InChI=1S/C27H30BrN3O3S/c1-21(22-13-15-24(16-14-22)30-17-6-3-7-18-30)29-27(32)20-31(25-10-8-9-23(28)19-25)35(33,34)26-11-4-2-5-12-26/h2,4-5,8-16,19,21H,3,6-7,17-18,20H2,1H3,(H,29,32). The number of amides is 1. The minimum absolute atomic E-state index is 0.133. The van der Waals surface area contributed by atoms with Gasteiger partial charge in [0.25, 0.3) is 10.0 Å². The first-order valence-corrected chi connectivity index (χ1v) is 14.1. The zero-order chi connectivity index (χ0) is 24.8. The van der Waals surface area contributed by atoms with E-state index in [0.29, 0.717) is 5.69 Å². The molecule has 4 rings (SSSR count). The van der Waals surface area contributed by atoms with Gasteiger partial charge < -0.3 is 10.2 Å². The number of sulfonamides is 1. The molecule has 1 N–H and O–H groups in total. The number of nitrogens with zero attached hydrogens (tertiary/aromatic N) is 2. The summed E-state index contributed by atoms with van der Waals surface area (Å²) in [4.78, 5) is 15.6. The Labute approximate surface area is 216 Å². The number of hydrogen-bond acceptors (Lipinski definition) is 4. The first-order chi connectivity index (χ1) is 16.8. The smallest absolute Gasteiger partial charge is 0.264 e. The third-order valence-electron chi connectivity index (χ3n) is 6.21. The van der Waals surface area contributed by atoms with Gasteiger partial charge in [-0.2, -0.15) is 0 Å². The molecule has 3 aromatic rings. The van der Waals surface area contributed by atoms with Crippen LogP contribution in [0, 0.1) is 0 Å². The fourth-order valence-corrected chi connectivity index (χ4v) is 6.11. The molecule has 1 saturated heterocycles. The quantitative estimate of drug-likeness (QED) is 0.397. The van der Waals surface area contributed by atoms with Crippen LogP contribution in [0.15, 0.2) is 88.2 Å². The summed E-state index contributed by atoms with van der Waals surface area (Å²) in [5, 5.41) is 2.96. The molecule has 3 aromatic carbocycles. The summed E-state index contributed by atoms with van der Waals surface area (Å²) in [5.41, 5.74) is 2.58. The van der Waals surface area contributed by atoms with Crippen molar-refractivity contribution in [3.63, 3.8) is 0 Å². The average molecular weight is 557 g/mol. The molecule has 1 fully saturated rings. The van der Waals surface area contributed by atoms with Crippen molar-refractivity contribution in [3.05, 3.63) is 88.9 Å². The van der Waals surface area contributed by atoms with Crippen LogP contribution in [0.3, 0.4) is 0 Å². The van der Waals surface area contributed by atoms with Gasteiger partial charge >= 0.3 is 0 Å². The Balaban J connectivity index is 1.50. The lowest BCUT2D eigenvalue weighted by Gasteiger charge is -2.29. The topological polar surface area (TPSA) is 69.7 Å². The molecule has 0 bridgehead atoms. The summed E-state index contributed by atoms with van der Waals surface area (Å²) in [6.07, 6.45) is 3.72. The van der Waals surface area contributed by atoms with Crippen LogP contribution in [-0.4, -0.2) is 34.0 Å². The Morgan fingerprint density at radius 1 is 0.971 bits per heavy atom. The van der Waals surface area contributed by atoms with E-state index in [-0.39, 0.29) is 23.4 Å². The van der Waals surface area contributed by atoms with E-state index in [1.807, 2.05) is 25.1 Å². The number of carbonyl (C=O) groups is 1. The van der Waals surface area contributed by atoms with Crippen LogP contribution in [-0.2, 0) is 14.8 Å². The normalized spacial score (nSPS) is 14.9. The monoisotopic (exact) mass is 555 g/mol. The summed E-state index contributed by atoms with van der Waals surface area (Å²) < 4.78 is 28.8. The number of halogens is 1. The van der Waals surface area contributed by atoms with Crippen LogP contribution in [0.2, 0.25) is 0 Å². The van der Waals surface area contributed by atoms with E-state index in [1.54, 1.807) is 36.4 Å². The number of carbonyl (C=O) groups excluding carboxylic acids is 1. The minimum Gasteiger partial charge on any atom is -0.372 e. The highest BCUT2D eigenvalue weighted by Gasteiger charge is 2.27. The predicted molar refractivity (Wildman–Crippen MR) is 144 cm³/mol. The largest absolute Gasteiger partial charge is 0.372 e. The zero-order valence-corrected chi connectivity index (χ0v) is 22.1. The van der Waals surface area contributed by atoms with Gasteiger partial charge in [0.15, 0.2) is 0 Å². The highest BCUT2D eigenvalue weighted by atomic mass is 79.9. The molecule has 0 aromatic heterocycles. The minimum atomic E-state index is -3.94. The van der Waals surface area contributed by atoms with E-state index in [2.05, 4.69) is 38.3 Å². The molecule has 1 amide bonds. The molecule has 1 aliphatic heterocycles. The lowest BCUT2D eigenvalue weighted by molar-refractivity contribution is -0.120. The Bertz CT molecular complexity index is 1240. The van der Waals surface area contributed by atoms with Gasteiger partial charge in [0.2, 0.25) is 5.91 Å². The molecule has 1 aliphatic rings. The highest BCUT2D eigenvalue weighted by molar-refractivity contribution is 9.10. The Morgan fingerprint density at radius 2 is 1.66 bits per heavy atom. The summed E-state index contributed by atoms with van der Waals surface area (Å²) in [6.45, 7) is 3.73. The van der Waals surface area contributed by atoms with Crippen LogP contribution in [0.1, 0.15) is 37.8 Å². The summed E-state index contributed by atoms with van der Waals surface area (Å²) in [6, 6.07) is 23.1. The summed E-state index contributed by atoms with van der Waals surface area (Å²) in [5.74, 6) is -0.378. The van der Waals surface area contributed by atoms with Crippen LogP contribution in [0.4, 0.5) is 11.4 Å². The third kappa shape index (κ3) is 6.24. The maximum atomic E-state index is 13.4. The maximum absolute atomic E-state index is 13.4. The Hall–Kier alpha value is -2.84. The second-order valence-corrected chi connectivity index (χ2v) is 11.5. The fourth-order valence-electron chi connectivity index (χ4n) is 4.29. The van der Waals surface area contributed by atoms with E-state index in [9.17, 15) is 13.2 Å². The molecule has 0 radical (unpaired) electrons. The van der Waals surface area contributed by atoms with Crippen LogP contribution in [0.25, 0.3) is 0 Å². The fraction of sp³-hybridized carbons (Fsp3) is 0.296. The van der Waals surface area contributed by atoms with Crippen molar-refractivity contribution in [2.75, 3.05) is 28.8 Å². The van der Waals surface area contributed by atoms with Crippen LogP contribution < -0.4 is 14.5 Å². The van der Waals surface area contributed by atoms with Gasteiger partial charge in [-0.05, 0) is 74.2 Å². The highest BCUT2D eigenvalue weighted by Crippen LogP contribution is 2.27. The van der Waals surface area contributed by atoms with E-state index < -0.39 is 10.0 Å². The first kappa shape index (κ1) is 25.3. The molecule has 0 saturated carbocycles. The number of piperidine rings is 1. The number of benzene rings is 3. The molecule has 184 valence electrons. The molecule has 1 heterocycles. The van der Waals surface area contributed by atoms with Gasteiger partial charge in [-0.1, -0.05) is 52.3 Å². The number of rotatable bonds is 8. The van der Waals surface area contributed by atoms with Crippen molar-refractivity contribution >= 4 is 43.2 Å². The molecule has 1 unspecified atom stereocenters. The Morgan fingerprint density at radius 3 is 2.31 bits per heavy atom. The lowest BCUT2D eigenvalue weighted by atomic mass is 10.1. The molecular weight excluding hydrogens is 526 g/mol. The van der Waals surface area contributed by atoms with Crippen molar-refractivity contribution < 1.29 is 13.2 Å². The Kier molecular flexibility index (Phi) is 8.13. The average Bonchev–Trinajstić information content (AvgIpc) is 2.88. The van der Waals surface area contributed by atoms with Gasteiger partial charge in [-0.3, -0.25) is 9.10 Å². The van der Waals surface area contributed by atoms with Gasteiger partial charge in [0.1, 0.15) is 6.54 Å². The number of hydrogen-bond donors (Lipinski definition) is 1. The van der Waals surface area contributed by atoms with Gasteiger partial charge in [-0.25, -0.2) is 8.42 Å². The zero-order valence-electron chi connectivity index (χ0n) is 19.7. The molecule has 1 atom stereocenters. The van der Waals surface area contributed by atoms with Gasteiger partial charge in [0, 0.05) is 23.2 Å². The van der Waals surface area contributed by atoms with Crippen molar-refractivity contribution in [1.29, 1.82) is 0 Å². The SMILES string of the molecule is CC(NC(=O)CN(c1cccc(Br)c1)S(=O)(=O)c1ccccc1)c1ccc(N2CCCCC2)cc1. The van der Waals surface area contributed by atoms with Crippen molar-refractivity contribution in [3.8, 4) is 0 Å². The van der Waals surface area contributed by atoms with E-state index in [0.717, 1.165) is 27.4 Å². The third-order valence-corrected chi connectivity index (χ3v) is 8.49. The molecular formula is C27H30BrN3O3S. The van der Waals surface area contributed by atoms with E-state index in [4.69, 9.17) is 0 Å². The second kappa shape index (κ2) is 11.3. The van der Waals surface area contributed by atoms with Crippen molar-refractivity contribution in [1.82, 2.24) is 5.32 Å². The van der Waals surface area contributed by atoms with Crippen molar-refractivity contribution in [2.24, 2.45) is 0 Å². The van der Waals surface area contributed by atoms with Gasteiger partial charge in [0.05, 0.1) is 16.6 Å². The second-order valence-electron chi connectivity index (χ2n) is 8.73. The molecule has 35 heavy (non-hydrogen) atoms. The molecule has 8 heteroatoms. The van der Waals surface area contributed by atoms with E-state index in [1.165, 1.54) is 37.1 Å². The number of anilines is 2. The molecule has 6 nitrogen and oxygen atoms in total. The van der Waals surface area contributed by atoms with Crippen molar-refractivity contribution in [2.45, 2.75) is 37.1 Å². The molecule has 0 aliphatic carbocycles. The lowest BCUT2D eigenvalue weighted by Crippen LogP contribution is -2.41. The van der Waals surface area contributed by atoms with Gasteiger partial charge in [-0.15, -0.1) is 0 Å².